The van der Waals surface area contributed by atoms with Crippen LogP contribution in [0.2, 0.25) is 5.02 Å². The molecule has 0 saturated heterocycles. The van der Waals surface area contributed by atoms with Gasteiger partial charge in [0.05, 0.1) is 11.4 Å². The van der Waals surface area contributed by atoms with Crippen molar-refractivity contribution in [2.45, 2.75) is 33.1 Å². The summed E-state index contributed by atoms with van der Waals surface area (Å²) in [5.74, 6) is -2.24. The van der Waals surface area contributed by atoms with Crippen molar-refractivity contribution in [3.8, 4) is 5.75 Å². The molecule has 0 unspecified atom stereocenters. The first-order valence-corrected chi connectivity index (χ1v) is 10.3. The van der Waals surface area contributed by atoms with Gasteiger partial charge in [0.15, 0.2) is 0 Å². The lowest BCUT2D eigenvalue weighted by atomic mass is 9.72. The lowest BCUT2D eigenvalue weighted by Gasteiger charge is -2.29. The molecule has 3 rings (SSSR count). The second-order valence-corrected chi connectivity index (χ2v) is 8.76. The first-order chi connectivity index (χ1) is 15.1. The monoisotopic (exact) mass is 459 g/mol. The number of hydrogen-bond donors (Lipinski definition) is 2. The van der Waals surface area contributed by atoms with Crippen LogP contribution >= 0.6 is 11.6 Å². The van der Waals surface area contributed by atoms with Crippen LogP contribution in [0.15, 0.2) is 42.5 Å². The van der Waals surface area contributed by atoms with Gasteiger partial charge in [0.25, 0.3) is 5.91 Å². The number of benzene rings is 2. The minimum absolute atomic E-state index is 0.0795. The van der Waals surface area contributed by atoms with Gasteiger partial charge in [0.2, 0.25) is 6.79 Å². The number of ether oxygens (including phenoxy) is 2. The van der Waals surface area contributed by atoms with Crippen LogP contribution in [-0.4, -0.2) is 42.7 Å². The second kappa shape index (κ2) is 9.62. The summed E-state index contributed by atoms with van der Waals surface area (Å²) in [4.78, 5) is 36.7. The number of esters is 2. The highest BCUT2D eigenvalue weighted by Crippen LogP contribution is 2.31. The number of rotatable bonds is 5. The van der Waals surface area contributed by atoms with Gasteiger partial charge >= 0.3 is 19.1 Å². The van der Waals surface area contributed by atoms with Gasteiger partial charge in [0, 0.05) is 10.6 Å². The molecule has 8 nitrogen and oxygen atoms in total. The van der Waals surface area contributed by atoms with Crippen molar-refractivity contribution >= 4 is 36.6 Å². The van der Waals surface area contributed by atoms with Crippen LogP contribution < -0.4 is 9.97 Å². The number of hydrogen-bond acceptors (Lipinski definition) is 7. The standard InChI is InChI=1S/C22H23BClNO7/c1-22(2,3)21(28)31-12-30-20(27)16-6-4-5-14-11-17(23(29)32-18(14)16)25-19(26)13-7-9-15(24)10-8-13/h4-10,17,29H,11-12H2,1-3H3,(H,25,26)/t17-/m0/s1. The Kier molecular flexibility index (Phi) is 7.11. The quantitative estimate of drug-likeness (QED) is 0.402. The normalized spacial score (nSPS) is 15.3. The Hall–Kier alpha value is -3.04. The second-order valence-electron chi connectivity index (χ2n) is 8.32. The zero-order valence-electron chi connectivity index (χ0n) is 17.9. The summed E-state index contributed by atoms with van der Waals surface area (Å²) < 4.78 is 15.5. The Morgan fingerprint density at radius 2 is 1.84 bits per heavy atom. The van der Waals surface area contributed by atoms with Crippen LogP contribution in [-0.2, 0) is 20.7 Å². The number of halogens is 1. The van der Waals surface area contributed by atoms with Crippen molar-refractivity contribution in [2.24, 2.45) is 5.41 Å². The Morgan fingerprint density at radius 1 is 1.16 bits per heavy atom. The van der Waals surface area contributed by atoms with Gasteiger partial charge in [-0.25, -0.2) is 4.79 Å². The minimum atomic E-state index is -1.38. The van der Waals surface area contributed by atoms with E-state index in [1.54, 1.807) is 57.2 Å². The van der Waals surface area contributed by atoms with Crippen molar-refractivity contribution in [1.29, 1.82) is 0 Å². The first-order valence-electron chi connectivity index (χ1n) is 9.93. The molecular formula is C22H23BClNO7. The third-order valence-corrected chi connectivity index (χ3v) is 5.01. The lowest BCUT2D eigenvalue weighted by Crippen LogP contribution is -2.53. The van der Waals surface area contributed by atoms with Crippen molar-refractivity contribution in [2.75, 3.05) is 6.79 Å². The summed E-state index contributed by atoms with van der Waals surface area (Å²) in [6.45, 7) is 4.51. The average Bonchev–Trinajstić information content (AvgIpc) is 2.73. The Morgan fingerprint density at radius 3 is 2.50 bits per heavy atom. The van der Waals surface area contributed by atoms with Gasteiger partial charge in [-0.15, -0.1) is 0 Å². The van der Waals surface area contributed by atoms with Gasteiger partial charge in [0.1, 0.15) is 11.3 Å². The number of carbonyl (C=O) groups excluding carboxylic acids is 3. The summed E-state index contributed by atoms with van der Waals surface area (Å²) in [6, 6.07) is 11.2. The zero-order chi connectivity index (χ0) is 23.5. The van der Waals surface area contributed by atoms with E-state index in [1.165, 1.54) is 6.07 Å². The number of fused-ring (bicyclic) bond motifs is 1. The molecule has 2 aromatic carbocycles. The SMILES string of the molecule is CC(C)(C)C(=O)OCOC(=O)c1cccc2c1OB(O)[C@@H](NC(=O)c1ccc(Cl)cc1)C2. The fourth-order valence-corrected chi connectivity index (χ4v) is 3.12. The summed E-state index contributed by atoms with van der Waals surface area (Å²) in [5, 5.41) is 13.6. The molecule has 0 aromatic heterocycles. The third kappa shape index (κ3) is 5.60. The van der Waals surface area contributed by atoms with Gasteiger partial charge in [-0.05, 0) is 63.1 Å². The number of carbonyl (C=O) groups is 3. The van der Waals surface area contributed by atoms with E-state index in [2.05, 4.69) is 5.32 Å². The molecule has 1 heterocycles. The van der Waals surface area contributed by atoms with Crippen LogP contribution in [0.25, 0.3) is 0 Å². The molecule has 0 fully saturated rings. The highest BCUT2D eigenvalue weighted by atomic mass is 35.5. The highest BCUT2D eigenvalue weighted by molar-refractivity contribution is 6.47. The predicted molar refractivity (Wildman–Crippen MR) is 117 cm³/mol. The van der Waals surface area contributed by atoms with E-state index >= 15 is 0 Å². The smallest absolute Gasteiger partial charge is 0.534 e. The number of para-hydroxylation sites is 1. The van der Waals surface area contributed by atoms with E-state index in [0.717, 1.165) is 0 Å². The molecule has 2 N–H and O–H groups in total. The third-order valence-electron chi connectivity index (χ3n) is 4.75. The molecule has 0 saturated carbocycles. The zero-order valence-corrected chi connectivity index (χ0v) is 18.6. The molecule has 2 aromatic rings. The van der Waals surface area contributed by atoms with Gasteiger partial charge in [-0.2, -0.15) is 0 Å². The summed E-state index contributed by atoms with van der Waals surface area (Å²) in [5.41, 5.74) is 0.347. The Bertz CT molecular complexity index is 1020. The summed E-state index contributed by atoms with van der Waals surface area (Å²) in [6.07, 6.45) is 0.232. The maximum Gasteiger partial charge on any atom is 0.547 e. The van der Waals surface area contributed by atoms with Crippen LogP contribution in [0, 0.1) is 5.41 Å². The molecule has 1 aliphatic rings. The van der Waals surface area contributed by atoms with E-state index in [-0.39, 0.29) is 17.7 Å². The molecule has 0 spiro atoms. The van der Waals surface area contributed by atoms with Gasteiger partial charge in [-0.3, -0.25) is 9.59 Å². The van der Waals surface area contributed by atoms with Crippen LogP contribution in [0.4, 0.5) is 0 Å². The molecule has 0 aliphatic carbocycles. The Balaban J connectivity index is 1.66. The Labute approximate surface area is 190 Å². The number of amides is 1. The summed E-state index contributed by atoms with van der Waals surface area (Å²) in [7, 11) is -1.38. The maximum absolute atomic E-state index is 12.5. The van der Waals surface area contributed by atoms with Crippen LogP contribution in [0.1, 0.15) is 47.1 Å². The van der Waals surface area contributed by atoms with Crippen molar-refractivity contribution in [3.63, 3.8) is 0 Å². The van der Waals surface area contributed by atoms with E-state index < -0.39 is 43.1 Å². The summed E-state index contributed by atoms with van der Waals surface area (Å²) >= 11 is 5.84. The van der Waals surface area contributed by atoms with Crippen molar-refractivity contribution < 1.29 is 33.5 Å². The van der Waals surface area contributed by atoms with Crippen LogP contribution in [0.5, 0.6) is 5.75 Å². The predicted octanol–water partition coefficient (Wildman–Crippen LogP) is 2.80. The van der Waals surface area contributed by atoms with Crippen molar-refractivity contribution in [3.05, 3.63) is 64.2 Å². The molecule has 32 heavy (non-hydrogen) atoms. The van der Waals surface area contributed by atoms with Crippen molar-refractivity contribution in [1.82, 2.24) is 5.32 Å². The molecule has 1 atom stereocenters. The largest absolute Gasteiger partial charge is 0.547 e. The molecular weight excluding hydrogens is 437 g/mol. The molecule has 168 valence electrons. The molecule has 10 heteroatoms. The van der Waals surface area contributed by atoms with Crippen LogP contribution in [0.3, 0.4) is 0 Å². The van der Waals surface area contributed by atoms with E-state index in [0.29, 0.717) is 16.1 Å². The molecule has 0 radical (unpaired) electrons. The minimum Gasteiger partial charge on any atom is -0.534 e. The fourth-order valence-electron chi connectivity index (χ4n) is 2.99. The van der Waals surface area contributed by atoms with E-state index in [1.807, 2.05) is 0 Å². The average molecular weight is 460 g/mol. The molecule has 1 amide bonds. The lowest BCUT2D eigenvalue weighted by molar-refractivity contribution is -0.161. The fraction of sp³-hybridized carbons (Fsp3) is 0.318. The van der Waals surface area contributed by atoms with Gasteiger partial charge < -0.3 is 24.5 Å². The molecule has 1 aliphatic heterocycles. The van der Waals surface area contributed by atoms with E-state index in [4.69, 9.17) is 25.7 Å². The maximum atomic E-state index is 12.5. The first kappa shape index (κ1) is 23.6. The highest BCUT2D eigenvalue weighted by Gasteiger charge is 2.38. The number of nitrogens with one attached hydrogen (secondary N) is 1. The van der Waals surface area contributed by atoms with Gasteiger partial charge in [-0.1, -0.05) is 23.7 Å². The topological polar surface area (TPSA) is 111 Å². The molecule has 0 bridgehead atoms. The van der Waals surface area contributed by atoms with E-state index in [9.17, 15) is 19.4 Å².